The van der Waals surface area contributed by atoms with Crippen LogP contribution in [0, 0.1) is 0 Å². The second kappa shape index (κ2) is 4.68. The first kappa shape index (κ1) is 11.6. The van der Waals surface area contributed by atoms with Crippen molar-refractivity contribution in [3.8, 4) is 10.7 Å². The molecule has 0 spiro atoms. The highest BCUT2D eigenvalue weighted by Crippen LogP contribution is 2.35. The number of nitrogens with zero attached hydrogens (tertiary/aromatic N) is 3. The first-order valence-electron chi connectivity index (χ1n) is 5.34. The van der Waals surface area contributed by atoms with Crippen LogP contribution >= 0.6 is 22.9 Å². The molecule has 0 aromatic carbocycles. The van der Waals surface area contributed by atoms with Crippen molar-refractivity contribution in [3.05, 3.63) is 35.7 Å². The fraction of sp³-hybridized carbons (Fsp3) is 0.167. The van der Waals surface area contributed by atoms with Crippen molar-refractivity contribution < 1.29 is 4.74 Å². The molecule has 3 aromatic heterocycles. The molecule has 0 bridgehead atoms. The highest BCUT2D eigenvalue weighted by Gasteiger charge is 2.12. The number of ether oxygens (including phenoxy) is 1. The number of thiophene rings is 1. The number of hydrogen-bond acceptors (Lipinski definition) is 4. The summed E-state index contributed by atoms with van der Waals surface area (Å²) in [6.07, 6.45) is 5.36. The van der Waals surface area contributed by atoms with E-state index in [4.69, 9.17) is 16.3 Å². The van der Waals surface area contributed by atoms with Gasteiger partial charge in [-0.2, -0.15) is 0 Å². The summed E-state index contributed by atoms with van der Waals surface area (Å²) in [4.78, 5) is 9.69. The molecular weight excluding hydrogens is 270 g/mol. The van der Waals surface area contributed by atoms with Crippen LogP contribution in [-0.2, 0) is 11.5 Å². The van der Waals surface area contributed by atoms with E-state index in [1.807, 2.05) is 16.8 Å². The van der Waals surface area contributed by atoms with E-state index in [0.29, 0.717) is 6.73 Å². The van der Waals surface area contributed by atoms with Gasteiger partial charge >= 0.3 is 0 Å². The molecule has 6 heteroatoms. The van der Waals surface area contributed by atoms with Gasteiger partial charge < -0.3 is 9.30 Å². The van der Waals surface area contributed by atoms with Crippen molar-refractivity contribution in [1.82, 2.24) is 14.5 Å². The van der Waals surface area contributed by atoms with Crippen LogP contribution in [0.5, 0.6) is 0 Å². The van der Waals surface area contributed by atoms with Crippen LogP contribution in [0.1, 0.15) is 0 Å². The third-order valence-electron chi connectivity index (χ3n) is 2.57. The number of aromatic nitrogens is 3. The molecular formula is C12H10ClN3OS. The van der Waals surface area contributed by atoms with Crippen LogP contribution in [0.2, 0.25) is 5.02 Å². The lowest BCUT2D eigenvalue weighted by Crippen LogP contribution is -1.99. The van der Waals surface area contributed by atoms with E-state index in [-0.39, 0.29) is 0 Å². The minimum Gasteiger partial charge on any atom is -0.364 e. The Morgan fingerprint density at radius 1 is 1.39 bits per heavy atom. The number of pyridine rings is 1. The molecule has 92 valence electrons. The van der Waals surface area contributed by atoms with Crippen LogP contribution < -0.4 is 0 Å². The zero-order chi connectivity index (χ0) is 12.5. The first-order chi connectivity index (χ1) is 8.79. The van der Waals surface area contributed by atoms with Crippen LogP contribution in [-0.4, -0.2) is 21.6 Å². The Morgan fingerprint density at radius 2 is 2.28 bits per heavy atom. The quantitative estimate of drug-likeness (QED) is 0.737. The van der Waals surface area contributed by atoms with E-state index in [9.17, 15) is 0 Å². The molecule has 3 heterocycles. The topological polar surface area (TPSA) is 39.9 Å². The Labute approximate surface area is 113 Å². The maximum absolute atomic E-state index is 6.15. The lowest BCUT2D eigenvalue weighted by Gasteiger charge is -2.03. The van der Waals surface area contributed by atoms with Crippen LogP contribution in [0.4, 0.5) is 0 Å². The third-order valence-corrected chi connectivity index (χ3v) is 4.15. The maximum Gasteiger partial charge on any atom is 0.151 e. The van der Waals surface area contributed by atoms with Crippen molar-refractivity contribution >= 4 is 33.2 Å². The number of halogens is 1. The first-order valence-corrected chi connectivity index (χ1v) is 6.53. The summed E-state index contributed by atoms with van der Waals surface area (Å²) >= 11 is 7.74. The molecule has 0 saturated carbocycles. The van der Waals surface area contributed by atoms with Gasteiger partial charge in [0.1, 0.15) is 6.73 Å². The molecule has 0 amide bonds. The lowest BCUT2D eigenvalue weighted by molar-refractivity contribution is 0.132. The predicted octanol–water partition coefficient (Wildman–Crippen LogP) is 3.42. The summed E-state index contributed by atoms with van der Waals surface area (Å²) in [6.45, 7) is 0.477. The molecule has 0 aliphatic rings. The van der Waals surface area contributed by atoms with Gasteiger partial charge in [-0.1, -0.05) is 11.6 Å². The highest BCUT2D eigenvalue weighted by molar-refractivity contribution is 7.22. The Hall–Kier alpha value is -1.43. The van der Waals surface area contributed by atoms with Crippen molar-refractivity contribution in [2.45, 2.75) is 6.73 Å². The Morgan fingerprint density at radius 3 is 3.06 bits per heavy atom. The van der Waals surface area contributed by atoms with Gasteiger partial charge in [0.05, 0.1) is 20.1 Å². The Bertz CT molecular complexity index is 692. The van der Waals surface area contributed by atoms with Gasteiger partial charge in [0, 0.05) is 25.7 Å². The Balaban J connectivity index is 2.14. The van der Waals surface area contributed by atoms with E-state index in [1.165, 1.54) is 0 Å². The number of fused-ring (bicyclic) bond motifs is 1. The van der Waals surface area contributed by atoms with Crippen molar-refractivity contribution in [3.63, 3.8) is 0 Å². The van der Waals surface area contributed by atoms with Gasteiger partial charge in [0.15, 0.2) is 5.82 Å². The third kappa shape index (κ3) is 1.90. The summed E-state index contributed by atoms with van der Waals surface area (Å²) in [5.41, 5.74) is 0.898. The molecule has 4 nitrogen and oxygen atoms in total. The minimum absolute atomic E-state index is 0.477. The molecule has 0 aliphatic heterocycles. The van der Waals surface area contributed by atoms with Gasteiger partial charge in [-0.15, -0.1) is 11.3 Å². The normalized spacial score (nSPS) is 11.2. The van der Waals surface area contributed by atoms with Gasteiger partial charge in [0.25, 0.3) is 0 Å². The largest absolute Gasteiger partial charge is 0.364 e. The monoisotopic (exact) mass is 279 g/mol. The smallest absolute Gasteiger partial charge is 0.151 e. The number of methoxy groups -OCH3 is 1. The summed E-state index contributed by atoms with van der Waals surface area (Å²) in [6, 6.07) is 3.80. The van der Waals surface area contributed by atoms with Gasteiger partial charge in [0.2, 0.25) is 0 Å². The molecule has 3 aromatic rings. The summed E-state index contributed by atoms with van der Waals surface area (Å²) < 4.78 is 8.06. The van der Waals surface area contributed by atoms with E-state index in [0.717, 1.165) is 25.9 Å². The van der Waals surface area contributed by atoms with E-state index in [2.05, 4.69) is 9.97 Å². The fourth-order valence-corrected chi connectivity index (χ4v) is 3.10. The minimum atomic E-state index is 0.477. The van der Waals surface area contributed by atoms with Gasteiger partial charge in [-0.25, -0.2) is 4.98 Å². The molecule has 0 radical (unpaired) electrons. The summed E-state index contributed by atoms with van der Waals surface area (Å²) in [7, 11) is 1.66. The molecule has 3 rings (SSSR count). The predicted molar refractivity (Wildman–Crippen MR) is 72.9 cm³/mol. The molecule has 0 N–H and O–H groups in total. The second-order valence-electron chi connectivity index (χ2n) is 3.76. The average molecular weight is 280 g/mol. The van der Waals surface area contributed by atoms with Gasteiger partial charge in [-0.3, -0.25) is 4.98 Å². The van der Waals surface area contributed by atoms with Crippen molar-refractivity contribution in [2.75, 3.05) is 7.11 Å². The molecule has 0 aliphatic carbocycles. The standard InChI is InChI=1S/C12H10ClN3OS/c1-17-7-16-5-4-15-12(16)10-6-9-11(18-10)8(13)2-3-14-9/h2-6H,7H2,1H3. The van der Waals surface area contributed by atoms with Gasteiger partial charge in [-0.05, 0) is 12.1 Å². The van der Waals surface area contributed by atoms with Crippen LogP contribution in [0.25, 0.3) is 20.9 Å². The number of hydrogen-bond donors (Lipinski definition) is 0. The zero-order valence-corrected chi connectivity index (χ0v) is 11.2. The zero-order valence-electron chi connectivity index (χ0n) is 9.63. The Kier molecular flexibility index (Phi) is 3.03. The maximum atomic E-state index is 6.15. The molecule has 0 atom stereocenters. The van der Waals surface area contributed by atoms with E-state index in [1.54, 1.807) is 36.9 Å². The molecule has 18 heavy (non-hydrogen) atoms. The molecule has 0 saturated heterocycles. The SMILES string of the molecule is COCn1ccnc1-c1cc2nccc(Cl)c2s1. The van der Waals surface area contributed by atoms with Crippen molar-refractivity contribution in [1.29, 1.82) is 0 Å². The van der Waals surface area contributed by atoms with E-state index < -0.39 is 0 Å². The number of imidazole rings is 1. The average Bonchev–Trinajstić information content (AvgIpc) is 2.95. The summed E-state index contributed by atoms with van der Waals surface area (Å²) in [5.74, 6) is 0.871. The van der Waals surface area contributed by atoms with Crippen LogP contribution in [0.15, 0.2) is 30.7 Å². The summed E-state index contributed by atoms with van der Waals surface area (Å²) in [5, 5.41) is 0.723. The fourth-order valence-electron chi connectivity index (χ4n) is 1.79. The lowest BCUT2D eigenvalue weighted by atomic mass is 10.3. The second-order valence-corrected chi connectivity index (χ2v) is 5.22. The number of rotatable bonds is 3. The van der Waals surface area contributed by atoms with Crippen LogP contribution in [0.3, 0.4) is 0 Å². The molecule has 0 unspecified atom stereocenters. The van der Waals surface area contributed by atoms with Crippen molar-refractivity contribution in [2.24, 2.45) is 0 Å². The highest BCUT2D eigenvalue weighted by atomic mass is 35.5. The van der Waals surface area contributed by atoms with E-state index >= 15 is 0 Å². The molecule has 0 fully saturated rings.